The maximum Gasteiger partial charge on any atom is 0.407 e. The van der Waals surface area contributed by atoms with E-state index in [1.807, 2.05) is 5.32 Å². The molecule has 7 N–H and O–H groups in total. The molecule has 0 aromatic heterocycles. The lowest BCUT2D eigenvalue weighted by Gasteiger charge is -2.35. The fraction of sp³-hybridized carbons (Fsp3) is 0.567. The predicted octanol–water partition coefficient (Wildman–Crippen LogP) is 2.88. The molecule has 0 saturated carbocycles. The van der Waals surface area contributed by atoms with E-state index in [1.165, 1.54) is 17.1 Å². The Bertz CT molecular complexity index is 1320. The molecule has 14 nitrogen and oxygen atoms in total. The van der Waals surface area contributed by atoms with E-state index >= 15 is 0 Å². The number of aliphatic hydroxyl groups is 1. The molecule has 0 saturated heterocycles. The minimum absolute atomic E-state index is 0.112. The number of amides is 4. The third-order valence-electron chi connectivity index (χ3n) is 7.13. The fourth-order valence-corrected chi connectivity index (χ4v) is 4.16. The number of nitrogens with one attached hydrogen (secondary N) is 6. The van der Waals surface area contributed by atoms with Crippen LogP contribution in [0.4, 0.5) is 31.5 Å². The summed E-state index contributed by atoms with van der Waals surface area (Å²) in [5, 5.41) is 27.8. The van der Waals surface area contributed by atoms with Crippen molar-refractivity contribution < 1.29 is 55.7 Å². The number of benzene rings is 1. The van der Waals surface area contributed by atoms with Crippen LogP contribution in [0.5, 0.6) is 0 Å². The average molecular weight is 710 g/mol. The number of nitrogens with zero attached hydrogens (tertiary/aromatic N) is 1. The van der Waals surface area contributed by atoms with Crippen LogP contribution in [0, 0.1) is 16.2 Å². The number of alkyl carbamates (subject to hydrolysis) is 2. The highest BCUT2D eigenvalue weighted by Crippen LogP contribution is 2.40. The first-order valence-electron chi connectivity index (χ1n) is 14.7. The fourth-order valence-electron chi connectivity index (χ4n) is 4.16. The number of alkyl halides is 5. The summed E-state index contributed by atoms with van der Waals surface area (Å²) in [7, 11) is 2.02. The lowest BCUT2D eigenvalue weighted by molar-refractivity contribution is -0.220. The van der Waals surface area contributed by atoms with E-state index in [0.717, 1.165) is 26.6 Å². The summed E-state index contributed by atoms with van der Waals surface area (Å²) < 4.78 is 75.4. The normalized spacial score (nSPS) is 14.3. The van der Waals surface area contributed by atoms with Gasteiger partial charge in [-0.1, -0.05) is 45.0 Å². The minimum atomic E-state index is -4.93. The van der Waals surface area contributed by atoms with Crippen LogP contribution in [-0.4, -0.2) is 98.6 Å². The molecule has 1 unspecified atom stereocenters. The van der Waals surface area contributed by atoms with Crippen molar-refractivity contribution in [3.05, 3.63) is 41.6 Å². The first kappa shape index (κ1) is 42.5. The van der Waals surface area contributed by atoms with Crippen LogP contribution in [0.1, 0.15) is 45.7 Å². The number of carbonyl (C=O) groups is 4. The molecule has 0 bridgehead atoms. The molecule has 1 rings (SSSR count). The molecule has 4 amide bonds. The molecule has 1 aromatic carbocycles. The Kier molecular flexibility index (Phi) is 15.9. The van der Waals surface area contributed by atoms with Crippen LogP contribution in [0.15, 0.2) is 30.5 Å². The van der Waals surface area contributed by atoms with Crippen LogP contribution in [0.2, 0.25) is 0 Å². The van der Waals surface area contributed by atoms with Crippen molar-refractivity contribution in [2.45, 2.75) is 72.1 Å². The molecule has 0 spiro atoms. The van der Waals surface area contributed by atoms with Crippen molar-refractivity contribution in [3.8, 4) is 0 Å². The van der Waals surface area contributed by atoms with Crippen molar-refractivity contribution in [1.82, 2.24) is 31.7 Å². The van der Waals surface area contributed by atoms with E-state index in [4.69, 9.17) is 5.41 Å². The zero-order valence-electron chi connectivity index (χ0n) is 28.1. The lowest BCUT2D eigenvalue weighted by Crippen LogP contribution is -2.60. The van der Waals surface area contributed by atoms with Gasteiger partial charge in [-0.25, -0.2) is 14.6 Å². The minimum Gasteiger partial charge on any atom is -0.453 e. The highest BCUT2D eigenvalue weighted by molar-refractivity contribution is 6.08. The number of hydrogen-bond acceptors (Lipinski definition) is 10. The number of allylic oxidation sites excluding steroid dienone is 1. The Morgan fingerprint density at radius 1 is 0.918 bits per heavy atom. The number of methoxy groups -OCH3 is 2. The van der Waals surface area contributed by atoms with Gasteiger partial charge in [-0.05, 0) is 30.4 Å². The van der Waals surface area contributed by atoms with Gasteiger partial charge in [0.25, 0.3) is 5.91 Å². The van der Waals surface area contributed by atoms with E-state index < -0.39 is 78.8 Å². The third kappa shape index (κ3) is 13.5. The molecule has 276 valence electrons. The molecule has 3 atom stereocenters. The number of ether oxygens (including phenoxy) is 2. The number of carbonyl (C=O) groups excluding carboxylic acids is 4. The maximum absolute atomic E-state index is 13.8. The van der Waals surface area contributed by atoms with Crippen molar-refractivity contribution in [2.75, 3.05) is 27.3 Å². The first-order valence-corrected chi connectivity index (χ1v) is 14.7. The summed E-state index contributed by atoms with van der Waals surface area (Å²) in [5.74, 6) is -2.00. The SMILES string of the molecule is COC(=O)NC(C(=O)NC[C@@H](O)CN(Cc1ccc(/C(C=N)=C/NC(F)F)cc1)NC(=O)[C@@H](NC(=O)OC)C(C)(C)C)C(C)(C)C(F)(F)F. The highest BCUT2D eigenvalue weighted by atomic mass is 19.4. The summed E-state index contributed by atoms with van der Waals surface area (Å²) in [6.07, 6.45) is -6.79. The van der Waals surface area contributed by atoms with E-state index in [1.54, 1.807) is 38.2 Å². The Morgan fingerprint density at radius 3 is 1.90 bits per heavy atom. The van der Waals surface area contributed by atoms with E-state index in [2.05, 4.69) is 25.5 Å². The van der Waals surface area contributed by atoms with Crippen LogP contribution >= 0.6 is 0 Å². The van der Waals surface area contributed by atoms with Crippen LogP contribution in [0.3, 0.4) is 0 Å². The topological polar surface area (TPSA) is 194 Å². The molecule has 0 fully saturated rings. The van der Waals surface area contributed by atoms with Gasteiger partial charge in [-0.2, -0.15) is 22.0 Å². The quantitative estimate of drug-likeness (QED) is 0.0585. The van der Waals surface area contributed by atoms with Gasteiger partial charge in [0.05, 0.1) is 25.7 Å². The van der Waals surface area contributed by atoms with Crippen molar-refractivity contribution in [2.24, 2.45) is 10.8 Å². The van der Waals surface area contributed by atoms with Crippen LogP contribution in [0.25, 0.3) is 5.57 Å². The van der Waals surface area contributed by atoms with E-state index in [-0.39, 0.29) is 12.1 Å². The van der Waals surface area contributed by atoms with E-state index in [9.17, 15) is 46.2 Å². The number of rotatable bonds is 16. The first-order chi connectivity index (χ1) is 22.6. The maximum atomic E-state index is 13.8. The van der Waals surface area contributed by atoms with Gasteiger partial charge in [0.1, 0.15) is 12.1 Å². The third-order valence-corrected chi connectivity index (χ3v) is 7.13. The molecule has 0 heterocycles. The summed E-state index contributed by atoms with van der Waals surface area (Å²) in [4.78, 5) is 50.0. The molecular formula is C30H44F5N7O7. The summed E-state index contributed by atoms with van der Waals surface area (Å²) in [6, 6.07) is 2.85. The number of halogens is 5. The standard InChI is InChI=1S/C30H44F5N7O7/c1-28(2,3)21(39-26(46)48-6)24(45)41-42(15-17-8-10-18(11-9-17)19(12-36)13-38-25(31)32)16-20(43)14-37-23(44)22(40-27(47)49-7)29(4,5)30(33,34)35/h8-13,20-22,25,36,38,43H,14-16H2,1-7H3,(H,37,44)(H,39,46)(H,40,47)(H,41,45)/b19-13+,36-12?/t20-,21-,22?/m1/s1. The smallest absolute Gasteiger partial charge is 0.407 e. The van der Waals surface area contributed by atoms with Gasteiger partial charge in [0, 0.05) is 37.6 Å². The summed E-state index contributed by atoms with van der Waals surface area (Å²) >= 11 is 0. The Morgan fingerprint density at radius 2 is 1.45 bits per heavy atom. The van der Waals surface area contributed by atoms with Gasteiger partial charge < -0.3 is 41.3 Å². The van der Waals surface area contributed by atoms with Gasteiger partial charge in [0.2, 0.25) is 5.91 Å². The largest absolute Gasteiger partial charge is 0.453 e. The number of hydrazine groups is 1. The number of hydrogen-bond donors (Lipinski definition) is 7. The van der Waals surface area contributed by atoms with Gasteiger partial charge in [-0.15, -0.1) is 0 Å². The molecule has 0 aliphatic heterocycles. The Labute approximate surface area is 280 Å². The molecule has 0 aliphatic carbocycles. The molecule has 0 aliphatic rings. The zero-order valence-corrected chi connectivity index (χ0v) is 28.1. The summed E-state index contributed by atoms with van der Waals surface area (Å²) in [5.41, 5.74) is 0.0454. The molecule has 49 heavy (non-hydrogen) atoms. The second-order valence-corrected chi connectivity index (χ2v) is 12.4. The molecule has 0 radical (unpaired) electrons. The van der Waals surface area contributed by atoms with Crippen LogP contribution in [-0.2, 0) is 25.6 Å². The predicted molar refractivity (Wildman–Crippen MR) is 168 cm³/mol. The van der Waals surface area contributed by atoms with Gasteiger partial charge >= 0.3 is 24.9 Å². The molecule has 19 heteroatoms. The second kappa shape index (κ2) is 18.3. The Hall–Kier alpha value is -4.52. The van der Waals surface area contributed by atoms with E-state index in [0.29, 0.717) is 25.0 Å². The van der Waals surface area contributed by atoms with Crippen molar-refractivity contribution in [3.63, 3.8) is 0 Å². The summed E-state index contributed by atoms with van der Waals surface area (Å²) in [6.45, 7) is 2.41. The van der Waals surface area contributed by atoms with Crippen molar-refractivity contribution in [1.29, 1.82) is 5.41 Å². The second-order valence-electron chi connectivity index (χ2n) is 12.4. The van der Waals surface area contributed by atoms with Crippen LogP contribution < -0.4 is 26.7 Å². The highest BCUT2D eigenvalue weighted by Gasteiger charge is 2.55. The molecule has 1 aromatic rings. The average Bonchev–Trinajstić information content (AvgIpc) is 3.00. The van der Waals surface area contributed by atoms with Crippen molar-refractivity contribution >= 4 is 35.8 Å². The lowest BCUT2D eigenvalue weighted by atomic mass is 9.83. The zero-order chi connectivity index (χ0) is 37.7. The van der Waals surface area contributed by atoms with Gasteiger partial charge in [0.15, 0.2) is 0 Å². The Balaban J connectivity index is 3.30. The van der Waals surface area contributed by atoms with Gasteiger partial charge in [-0.3, -0.25) is 15.0 Å². The monoisotopic (exact) mass is 709 g/mol. The molecular weight excluding hydrogens is 665 g/mol. The number of aliphatic hydroxyl groups excluding tert-OH is 1.